The highest BCUT2D eigenvalue weighted by Gasteiger charge is 2.31. The van der Waals surface area contributed by atoms with E-state index in [1.54, 1.807) is 18.0 Å². The Balaban J connectivity index is 1.57. The van der Waals surface area contributed by atoms with E-state index in [2.05, 4.69) is 10.2 Å². The average molecular weight is 291 g/mol. The van der Waals surface area contributed by atoms with Gasteiger partial charge in [0.15, 0.2) is 5.76 Å². The molecule has 1 aromatic rings. The van der Waals surface area contributed by atoms with Crippen molar-refractivity contribution in [1.82, 2.24) is 15.1 Å². The Labute approximate surface area is 124 Å². The average Bonchev–Trinajstić information content (AvgIpc) is 3.18. The Kier molecular flexibility index (Phi) is 3.96. The van der Waals surface area contributed by atoms with Crippen LogP contribution < -0.4 is 5.32 Å². The SMILES string of the molecule is CN1CCC(NC(=O)c2ccc(CN3CCCC3)o2)C1=O. The first-order valence-electron chi connectivity index (χ1n) is 7.50. The molecular weight excluding hydrogens is 270 g/mol. The molecular formula is C15H21N3O3. The quantitative estimate of drug-likeness (QED) is 0.892. The highest BCUT2D eigenvalue weighted by atomic mass is 16.4. The summed E-state index contributed by atoms with van der Waals surface area (Å²) in [5.41, 5.74) is 0. The number of nitrogens with one attached hydrogen (secondary N) is 1. The molecule has 2 aliphatic heterocycles. The molecule has 0 saturated carbocycles. The molecule has 1 unspecified atom stereocenters. The Bertz CT molecular complexity index is 534. The van der Waals surface area contributed by atoms with E-state index in [1.807, 2.05) is 6.07 Å². The third kappa shape index (κ3) is 3.10. The number of nitrogens with zero attached hydrogens (tertiary/aromatic N) is 2. The van der Waals surface area contributed by atoms with Crippen LogP contribution in [0.4, 0.5) is 0 Å². The van der Waals surface area contributed by atoms with E-state index in [4.69, 9.17) is 4.42 Å². The van der Waals surface area contributed by atoms with Crippen molar-refractivity contribution in [2.24, 2.45) is 0 Å². The molecule has 1 atom stereocenters. The summed E-state index contributed by atoms with van der Waals surface area (Å²) >= 11 is 0. The van der Waals surface area contributed by atoms with Crippen molar-refractivity contribution in [2.75, 3.05) is 26.7 Å². The molecule has 6 nitrogen and oxygen atoms in total. The standard InChI is InChI=1S/C15H21N3O3/c1-17-9-6-12(15(17)20)16-14(19)13-5-4-11(21-13)10-18-7-2-3-8-18/h4-5,12H,2-3,6-10H2,1H3,(H,16,19). The van der Waals surface area contributed by atoms with E-state index in [9.17, 15) is 9.59 Å². The molecule has 0 aromatic carbocycles. The van der Waals surface area contributed by atoms with Crippen LogP contribution in [0.1, 0.15) is 35.6 Å². The molecule has 3 rings (SSSR count). The zero-order valence-corrected chi connectivity index (χ0v) is 12.3. The number of likely N-dealkylation sites (N-methyl/N-ethyl adjacent to an activating group) is 1. The summed E-state index contributed by atoms with van der Waals surface area (Å²) in [5.74, 6) is 0.743. The summed E-state index contributed by atoms with van der Waals surface area (Å²) in [5, 5.41) is 2.74. The molecule has 1 aromatic heterocycles. The van der Waals surface area contributed by atoms with Crippen molar-refractivity contribution in [1.29, 1.82) is 0 Å². The highest BCUT2D eigenvalue weighted by molar-refractivity contribution is 5.96. The third-order valence-electron chi connectivity index (χ3n) is 4.20. The molecule has 21 heavy (non-hydrogen) atoms. The van der Waals surface area contributed by atoms with Gasteiger partial charge in [-0.25, -0.2) is 0 Å². The molecule has 0 spiro atoms. The van der Waals surface area contributed by atoms with Crippen LogP contribution in [-0.2, 0) is 11.3 Å². The first kappa shape index (κ1) is 14.1. The molecule has 6 heteroatoms. The lowest BCUT2D eigenvalue weighted by atomic mass is 10.2. The number of likely N-dealkylation sites (tertiary alicyclic amines) is 2. The van der Waals surface area contributed by atoms with Crippen molar-refractivity contribution in [3.05, 3.63) is 23.7 Å². The topological polar surface area (TPSA) is 65.8 Å². The molecule has 1 N–H and O–H groups in total. The Hall–Kier alpha value is -1.82. The van der Waals surface area contributed by atoms with E-state index >= 15 is 0 Å². The smallest absolute Gasteiger partial charge is 0.287 e. The van der Waals surface area contributed by atoms with Gasteiger partial charge in [-0.05, 0) is 44.5 Å². The van der Waals surface area contributed by atoms with Crippen LogP contribution in [0.5, 0.6) is 0 Å². The van der Waals surface area contributed by atoms with Gasteiger partial charge in [0, 0.05) is 13.6 Å². The maximum atomic E-state index is 12.1. The minimum Gasteiger partial charge on any atom is -0.455 e. The Morgan fingerprint density at radius 1 is 1.33 bits per heavy atom. The van der Waals surface area contributed by atoms with Gasteiger partial charge in [-0.15, -0.1) is 0 Å². The molecule has 2 saturated heterocycles. The summed E-state index contributed by atoms with van der Waals surface area (Å²) in [6.45, 7) is 3.61. The monoisotopic (exact) mass is 291 g/mol. The molecule has 2 amide bonds. The molecule has 2 aliphatic rings. The van der Waals surface area contributed by atoms with Gasteiger partial charge in [-0.2, -0.15) is 0 Å². The predicted octanol–water partition coefficient (Wildman–Crippen LogP) is 0.836. The van der Waals surface area contributed by atoms with Crippen LogP contribution in [0.25, 0.3) is 0 Å². The fourth-order valence-corrected chi connectivity index (χ4v) is 2.93. The minimum atomic E-state index is -0.422. The van der Waals surface area contributed by atoms with Gasteiger partial charge in [0.05, 0.1) is 6.54 Å². The van der Waals surface area contributed by atoms with Gasteiger partial charge in [0.2, 0.25) is 5.91 Å². The molecule has 2 fully saturated rings. The van der Waals surface area contributed by atoms with Crippen molar-refractivity contribution in [2.45, 2.75) is 31.8 Å². The maximum absolute atomic E-state index is 12.1. The van der Waals surface area contributed by atoms with Crippen LogP contribution in [0, 0.1) is 0 Å². The number of hydrogen-bond donors (Lipinski definition) is 1. The van der Waals surface area contributed by atoms with Crippen molar-refractivity contribution in [3.8, 4) is 0 Å². The van der Waals surface area contributed by atoms with Crippen LogP contribution in [0.15, 0.2) is 16.5 Å². The van der Waals surface area contributed by atoms with Gasteiger partial charge in [0.1, 0.15) is 11.8 Å². The van der Waals surface area contributed by atoms with Crippen molar-refractivity contribution >= 4 is 11.8 Å². The van der Waals surface area contributed by atoms with Crippen molar-refractivity contribution < 1.29 is 14.0 Å². The zero-order chi connectivity index (χ0) is 14.8. The van der Waals surface area contributed by atoms with Crippen LogP contribution in [0.3, 0.4) is 0 Å². The summed E-state index contributed by atoms with van der Waals surface area (Å²) in [6.07, 6.45) is 3.11. The Morgan fingerprint density at radius 2 is 2.10 bits per heavy atom. The second-order valence-electron chi connectivity index (χ2n) is 5.82. The summed E-state index contributed by atoms with van der Waals surface area (Å²) < 4.78 is 5.60. The lowest BCUT2D eigenvalue weighted by Crippen LogP contribution is -2.40. The fourth-order valence-electron chi connectivity index (χ4n) is 2.93. The number of amides is 2. The van der Waals surface area contributed by atoms with E-state index in [0.29, 0.717) is 13.0 Å². The minimum absolute atomic E-state index is 0.0350. The van der Waals surface area contributed by atoms with Gasteiger partial charge >= 0.3 is 0 Å². The lowest BCUT2D eigenvalue weighted by molar-refractivity contribution is -0.128. The van der Waals surface area contributed by atoms with E-state index < -0.39 is 6.04 Å². The number of carbonyl (C=O) groups excluding carboxylic acids is 2. The van der Waals surface area contributed by atoms with Gasteiger partial charge in [0.25, 0.3) is 5.91 Å². The molecule has 114 valence electrons. The normalized spacial score (nSPS) is 23.0. The Morgan fingerprint density at radius 3 is 2.76 bits per heavy atom. The number of furan rings is 1. The van der Waals surface area contributed by atoms with Crippen LogP contribution in [0.2, 0.25) is 0 Å². The first-order chi connectivity index (χ1) is 10.1. The lowest BCUT2D eigenvalue weighted by Gasteiger charge is -2.12. The largest absolute Gasteiger partial charge is 0.455 e. The summed E-state index contributed by atoms with van der Waals surface area (Å²) in [6, 6.07) is 3.11. The van der Waals surface area contributed by atoms with Crippen molar-refractivity contribution in [3.63, 3.8) is 0 Å². The second kappa shape index (κ2) is 5.89. The van der Waals surface area contributed by atoms with E-state index in [0.717, 1.165) is 25.4 Å². The first-order valence-corrected chi connectivity index (χ1v) is 7.50. The van der Waals surface area contributed by atoms with Gasteiger partial charge < -0.3 is 14.6 Å². The van der Waals surface area contributed by atoms with Crippen LogP contribution >= 0.6 is 0 Å². The molecule has 0 aliphatic carbocycles. The summed E-state index contributed by atoms with van der Waals surface area (Å²) in [4.78, 5) is 27.8. The van der Waals surface area contributed by atoms with Gasteiger partial charge in [-0.3, -0.25) is 14.5 Å². The molecule has 3 heterocycles. The van der Waals surface area contributed by atoms with Crippen LogP contribution in [-0.4, -0.2) is 54.3 Å². The third-order valence-corrected chi connectivity index (χ3v) is 4.20. The van der Waals surface area contributed by atoms with E-state index in [1.165, 1.54) is 12.8 Å². The number of carbonyl (C=O) groups is 2. The van der Waals surface area contributed by atoms with Gasteiger partial charge in [-0.1, -0.05) is 0 Å². The maximum Gasteiger partial charge on any atom is 0.287 e. The summed E-state index contributed by atoms with van der Waals surface area (Å²) in [7, 11) is 1.75. The fraction of sp³-hybridized carbons (Fsp3) is 0.600. The van der Waals surface area contributed by atoms with E-state index in [-0.39, 0.29) is 17.6 Å². The number of hydrogen-bond acceptors (Lipinski definition) is 4. The second-order valence-corrected chi connectivity index (χ2v) is 5.82. The molecule has 0 bridgehead atoms. The highest BCUT2D eigenvalue weighted by Crippen LogP contribution is 2.16. The number of rotatable bonds is 4. The predicted molar refractivity (Wildman–Crippen MR) is 76.7 cm³/mol. The molecule has 0 radical (unpaired) electrons. The zero-order valence-electron chi connectivity index (χ0n) is 12.3.